The lowest BCUT2D eigenvalue weighted by Gasteiger charge is -2.33. The van der Waals surface area contributed by atoms with Crippen molar-refractivity contribution in [2.24, 2.45) is 0 Å². The predicted molar refractivity (Wildman–Crippen MR) is 113 cm³/mol. The molecule has 0 saturated carbocycles. The van der Waals surface area contributed by atoms with Crippen LogP contribution in [0.1, 0.15) is 52.9 Å². The number of esters is 2. The van der Waals surface area contributed by atoms with Gasteiger partial charge in [0.05, 0.1) is 39.1 Å². The second-order valence-corrected chi connectivity index (χ2v) is 7.99. The number of benzene rings is 1. The van der Waals surface area contributed by atoms with Crippen molar-refractivity contribution < 1.29 is 38.0 Å². The van der Waals surface area contributed by atoms with Crippen molar-refractivity contribution >= 4 is 11.9 Å². The van der Waals surface area contributed by atoms with Gasteiger partial charge >= 0.3 is 11.9 Å². The van der Waals surface area contributed by atoms with Gasteiger partial charge in [0, 0.05) is 17.6 Å². The third kappa shape index (κ3) is 6.45. The fourth-order valence-corrected chi connectivity index (χ4v) is 3.13. The van der Waals surface area contributed by atoms with E-state index < -0.39 is 29.9 Å². The quantitative estimate of drug-likeness (QED) is 0.472. The number of carbonyl (C=O) groups excluding carboxylic acids is 2. The highest BCUT2D eigenvalue weighted by Gasteiger charge is 2.35. The van der Waals surface area contributed by atoms with Crippen LogP contribution in [0.25, 0.3) is 0 Å². The molecule has 0 N–H and O–H groups in total. The zero-order valence-electron chi connectivity index (χ0n) is 19.3. The van der Waals surface area contributed by atoms with Crippen molar-refractivity contribution in [3.8, 4) is 11.5 Å². The Hall–Kier alpha value is -2.58. The lowest BCUT2D eigenvalue weighted by Crippen LogP contribution is -2.36. The molecule has 1 aliphatic heterocycles. The minimum absolute atomic E-state index is 0.141. The normalized spacial score (nSPS) is 19.8. The van der Waals surface area contributed by atoms with E-state index in [0.29, 0.717) is 30.1 Å². The number of rotatable bonds is 7. The van der Waals surface area contributed by atoms with Crippen molar-refractivity contribution in [3.63, 3.8) is 0 Å². The molecule has 0 unspecified atom stereocenters. The Morgan fingerprint density at radius 2 is 1.77 bits per heavy atom. The molecule has 1 aromatic rings. The van der Waals surface area contributed by atoms with Crippen LogP contribution in [0.3, 0.4) is 0 Å². The Balaban J connectivity index is 2.37. The highest BCUT2D eigenvalue weighted by Crippen LogP contribution is 2.36. The van der Waals surface area contributed by atoms with Crippen LogP contribution in [0, 0.1) is 0 Å². The third-order valence-electron chi connectivity index (χ3n) is 4.54. The maximum absolute atomic E-state index is 13.0. The molecule has 2 atom stereocenters. The number of carbonyl (C=O) groups is 2. The molecule has 1 saturated heterocycles. The van der Waals surface area contributed by atoms with E-state index in [1.807, 2.05) is 0 Å². The first-order valence-electron chi connectivity index (χ1n) is 10.2. The summed E-state index contributed by atoms with van der Waals surface area (Å²) in [5, 5.41) is 0. The van der Waals surface area contributed by atoms with E-state index >= 15 is 0 Å². The summed E-state index contributed by atoms with van der Waals surface area (Å²) in [5.41, 5.74) is 0.265. The Bertz CT molecular complexity index is 821. The summed E-state index contributed by atoms with van der Waals surface area (Å²) in [4.78, 5) is 25.4. The third-order valence-corrected chi connectivity index (χ3v) is 4.54. The van der Waals surface area contributed by atoms with Crippen LogP contribution in [0.5, 0.6) is 11.5 Å². The van der Waals surface area contributed by atoms with Crippen molar-refractivity contribution in [2.75, 3.05) is 27.4 Å². The van der Waals surface area contributed by atoms with E-state index in [2.05, 4.69) is 0 Å². The highest BCUT2D eigenvalue weighted by atomic mass is 16.7. The SMILES string of the molecule is CCOC(=O)/C(C)=C(\C(=O)OC(C)(C)C)[C@H]1CCO[C@@H](c2ccc(OC)c(OC)c2)O1. The van der Waals surface area contributed by atoms with Crippen LogP contribution in [0.2, 0.25) is 0 Å². The molecule has 1 aliphatic rings. The summed E-state index contributed by atoms with van der Waals surface area (Å²) in [6.07, 6.45) is -1.08. The maximum atomic E-state index is 13.0. The topological polar surface area (TPSA) is 89.5 Å². The Labute approximate surface area is 183 Å². The van der Waals surface area contributed by atoms with Crippen molar-refractivity contribution in [1.29, 1.82) is 0 Å². The molecule has 0 spiro atoms. The molecule has 0 aliphatic carbocycles. The number of ether oxygens (including phenoxy) is 6. The van der Waals surface area contributed by atoms with Gasteiger partial charge in [-0.2, -0.15) is 0 Å². The molecule has 1 fully saturated rings. The smallest absolute Gasteiger partial charge is 0.337 e. The molecular formula is C23H32O8. The summed E-state index contributed by atoms with van der Waals surface area (Å²) in [6.45, 7) is 9.06. The zero-order chi connectivity index (χ0) is 23.2. The molecule has 172 valence electrons. The van der Waals surface area contributed by atoms with Gasteiger partial charge in [0.25, 0.3) is 0 Å². The molecule has 8 nitrogen and oxygen atoms in total. The minimum atomic E-state index is -0.758. The maximum Gasteiger partial charge on any atom is 0.337 e. The molecule has 1 heterocycles. The number of methoxy groups -OCH3 is 2. The van der Waals surface area contributed by atoms with Gasteiger partial charge in [0.1, 0.15) is 5.60 Å². The monoisotopic (exact) mass is 436 g/mol. The highest BCUT2D eigenvalue weighted by molar-refractivity contribution is 6.00. The lowest BCUT2D eigenvalue weighted by atomic mass is 9.99. The van der Waals surface area contributed by atoms with Crippen LogP contribution in [-0.4, -0.2) is 51.1 Å². The summed E-state index contributed by atoms with van der Waals surface area (Å²) < 4.78 is 33.2. The van der Waals surface area contributed by atoms with Gasteiger partial charge in [0.2, 0.25) is 0 Å². The van der Waals surface area contributed by atoms with Gasteiger partial charge in [0.15, 0.2) is 17.8 Å². The summed E-state index contributed by atoms with van der Waals surface area (Å²) in [5.74, 6) is -0.0943. The van der Waals surface area contributed by atoms with E-state index in [9.17, 15) is 9.59 Å². The first-order valence-corrected chi connectivity index (χ1v) is 10.2. The van der Waals surface area contributed by atoms with E-state index in [0.717, 1.165) is 0 Å². The van der Waals surface area contributed by atoms with Gasteiger partial charge < -0.3 is 28.4 Å². The van der Waals surface area contributed by atoms with Gasteiger partial charge in [-0.15, -0.1) is 0 Å². The molecular weight excluding hydrogens is 404 g/mol. The first kappa shape index (κ1) is 24.7. The van der Waals surface area contributed by atoms with E-state index in [1.165, 1.54) is 0 Å². The van der Waals surface area contributed by atoms with E-state index in [-0.39, 0.29) is 17.8 Å². The summed E-state index contributed by atoms with van der Waals surface area (Å²) in [7, 11) is 3.09. The molecule has 0 amide bonds. The first-order chi connectivity index (χ1) is 14.6. The van der Waals surface area contributed by atoms with E-state index in [4.69, 9.17) is 28.4 Å². The Morgan fingerprint density at radius 3 is 2.35 bits per heavy atom. The summed E-state index contributed by atoms with van der Waals surface area (Å²) >= 11 is 0. The molecule has 31 heavy (non-hydrogen) atoms. The van der Waals surface area contributed by atoms with Gasteiger partial charge in [-0.25, -0.2) is 9.59 Å². The molecule has 0 radical (unpaired) electrons. The van der Waals surface area contributed by atoms with Crippen molar-refractivity contribution in [1.82, 2.24) is 0 Å². The average Bonchev–Trinajstić information content (AvgIpc) is 2.72. The molecule has 2 rings (SSSR count). The fraction of sp³-hybridized carbons (Fsp3) is 0.565. The largest absolute Gasteiger partial charge is 0.493 e. The molecule has 0 aromatic heterocycles. The fourth-order valence-electron chi connectivity index (χ4n) is 3.13. The van der Waals surface area contributed by atoms with E-state index in [1.54, 1.807) is 67.0 Å². The Morgan fingerprint density at radius 1 is 1.10 bits per heavy atom. The van der Waals surface area contributed by atoms with Crippen LogP contribution in [-0.2, 0) is 28.5 Å². The molecule has 0 bridgehead atoms. The minimum Gasteiger partial charge on any atom is -0.493 e. The van der Waals surface area contributed by atoms with Gasteiger partial charge in [-0.05, 0) is 46.8 Å². The lowest BCUT2D eigenvalue weighted by molar-refractivity contribution is -0.210. The summed E-state index contributed by atoms with van der Waals surface area (Å²) in [6, 6.07) is 5.30. The average molecular weight is 437 g/mol. The van der Waals surface area contributed by atoms with Crippen LogP contribution in [0.4, 0.5) is 0 Å². The number of hydrogen-bond acceptors (Lipinski definition) is 8. The molecule has 1 aromatic carbocycles. The standard InChI is InChI=1S/C23H32O8/c1-8-28-20(24)14(2)19(21(25)31-23(3,4)5)17-11-12-29-22(30-17)15-9-10-16(26-6)18(13-15)27-7/h9-10,13,17,22H,8,11-12H2,1-7H3/b19-14-/t17-,22-/m1/s1. The zero-order valence-corrected chi connectivity index (χ0v) is 19.3. The predicted octanol–water partition coefficient (Wildman–Crippen LogP) is 3.73. The van der Waals surface area contributed by atoms with Gasteiger partial charge in [-0.3, -0.25) is 0 Å². The van der Waals surface area contributed by atoms with Crippen LogP contribution >= 0.6 is 0 Å². The van der Waals surface area contributed by atoms with Crippen molar-refractivity contribution in [3.05, 3.63) is 34.9 Å². The van der Waals surface area contributed by atoms with Crippen LogP contribution in [0.15, 0.2) is 29.3 Å². The van der Waals surface area contributed by atoms with Gasteiger partial charge in [-0.1, -0.05) is 6.07 Å². The van der Waals surface area contributed by atoms with Crippen molar-refractivity contribution in [2.45, 2.75) is 59.0 Å². The molecule has 8 heteroatoms. The second-order valence-electron chi connectivity index (χ2n) is 7.99. The second kappa shape index (κ2) is 10.6. The number of hydrogen-bond donors (Lipinski definition) is 0. The Kier molecular flexibility index (Phi) is 8.47. The van der Waals surface area contributed by atoms with Crippen LogP contribution < -0.4 is 9.47 Å².